The van der Waals surface area contributed by atoms with Crippen LogP contribution in [0, 0.1) is 0 Å². The Morgan fingerprint density at radius 2 is 1.71 bits per heavy atom. The zero-order valence-electron chi connectivity index (χ0n) is 19.2. The molecular formula is C27H23NO5S2. The lowest BCUT2D eigenvalue weighted by atomic mass is 10.1. The summed E-state index contributed by atoms with van der Waals surface area (Å²) < 4.78 is 16.6. The van der Waals surface area contributed by atoms with Gasteiger partial charge in [0.1, 0.15) is 10.1 Å². The number of nitrogens with zero attached hydrogens (tertiary/aromatic N) is 1. The molecule has 0 bridgehead atoms. The second kappa shape index (κ2) is 11.2. The number of thioether (sulfide) groups is 1. The van der Waals surface area contributed by atoms with Crippen LogP contribution < -0.4 is 14.2 Å². The second-order valence-electron chi connectivity index (χ2n) is 7.60. The Hall–Kier alpha value is -3.62. The zero-order valence-corrected chi connectivity index (χ0v) is 20.9. The van der Waals surface area contributed by atoms with Crippen molar-refractivity contribution in [3.63, 3.8) is 0 Å². The summed E-state index contributed by atoms with van der Waals surface area (Å²) >= 11 is 6.72. The lowest BCUT2D eigenvalue weighted by Gasteiger charge is -2.14. The van der Waals surface area contributed by atoms with Crippen LogP contribution in [-0.4, -0.2) is 41.9 Å². The quantitative estimate of drug-likeness (QED) is 0.177. The van der Waals surface area contributed by atoms with E-state index < -0.39 is 5.97 Å². The number of rotatable bonds is 8. The van der Waals surface area contributed by atoms with E-state index in [-0.39, 0.29) is 11.7 Å². The molecule has 0 radical (unpaired) electrons. The number of hydrogen-bond donors (Lipinski definition) is 0. The topological polar surface area (TPSA) is 65.1 Å². The predicted octanol–water partition coefficient (Wildman–Crippen LogP) is 5.37. The van der Waals surface area contributed by atoms with Gasteiger partial charge in [-0.15, -0.1) is 0 Å². The third-order valence-corrected chi connectivity index (χ3v) is 6.73. The molecule has 1 aliphatic heterocycles. The molecule has 0 spiro atoms. The molecule has 1 amide bonds. The molecule has 3 aromatic carbocycles. The molecule has 8 heteroatoms. The fraction of sp³-hybridized carbons (Fsp3) is 0.148. The lowest BCUT2D eigenvalue weighted by molar-refractivity contribution is -0.122. The molecule has 1 heterocycles. The van der Waals surface area contributed by atoms with Crippen molar-refractivity contribution >= 4 is 46.3 Å². The third-order valence-electron chi connectivity index (χ3n) is 5.35. The molecule has 1 fully saturated rings. The standard InChI is InChI=1S/C27H23NO5S2/c1-31-21-11-9-20(10-12-21)26(30)33-22-13-8-19(16-23(22)32-2)17-24-25(29)28(27(34)35-24)15-14-18-6-4-3-5-7-18/h3-13,16-17H,14-15H2,1-2H3. The highest BCUT2D eigenvalue weighted by molar-refractivity contribution is 8.26. The Bertz CT molecular complexity index is 1270. The van der Waals surface area contributed by atoms with Crippen molar-refractivity contribution < 1.29 is 23.8 Å². The summed E-state index contributed by atoms with van der Waals surface area (Å²) in [6.07, 6.45) is 2.49. The number of hydrogen-bond acceptors (Lipinski definition) is 7. The summed E-state index contributed by atoms with van der Waals surface area (Å²) in [4.78, 5) is 27.6. The van der Waals surface area contributed by atoms with E-state index in [9.17, 15) is 9.59 Å². The van der Waals surface area contributed by atoms with E-state index in [0.717, 1.165) is 17.5 Å². The fourth-order valence-corrected chi connectivity index (χ4v) is 4.78. The maximum atomic E-state index is 13.0. The molecule has 0 unspecified atom stereocenters. The predicted molar refractivity (Wildman–Crippen MR) is 141 cm³/mol. The number of ether oxygens (including phenoxy) is 3. The fourth-order valence-electron chi connectivity index (χ4n) is 3.47. The van der Waals surface area contributed by atoms with Crippen LogP contribution in [0.25, 0.3) is 6.08 Å². The van der Waals surface area contributed by atoms with E-state index in [1.54, 1.807) is 60.6 Å². The number of methoxy groups -OCH3 is 2. The smallest absolute Gasteiger partial charge is 0.343 e. The van der Waals surface area contributed by atoms with Crippen molar-refractivity contribution in [1.29, 1.82) is 0 Å². The highest BCUT2D eigenvalue weighted by Crippen LogP contribution is 2.35. The summed E-state index contributed by atoms with van der Waals surface area (Å²) in [5.41, 5.74) is 2.26. The number of esters is 1. The van der Waals surface area contributed by atoms with Gasteiger partial charge < -0.3 is 14.2 Å². The maximum absolute atomic E-state index is 13.0. The molecule has 35 heavy (non-hydrogen) atoms. The van der Waals surface area contributed by atoms with Gasteiger partial charge >= 0.3 is 5.97 Å². The molecule has 3 aromatic rings. The summed E-state index contributed by atoms with van der Waals surface area (Å²) in [5, 5.41) is 0. The Morgan fingerprint density at radius 3 is 2.40 bits per heavy atom. The highest BCUT2D eigenvalue weighted by Gasteiger charge is 2.31. The molecule has 4 rings (SSSR count). The first kappa shape index (κ1) is 24.5. The molecule has 0 aromatic heterocycles. The Labute approximate surface area is 213 Å². The van der Waals surface area contributed by atoms with E-state index >= 15 is 0 Å². The van der Waals surface area contributed by atoms with E-state index in [1.807, 2.05) is 30.3 Å². The Kier molecular flexibility index (Phi) is 7.84. The minimum atomic E-state index is -0.516. The normalized spacial score (nSPS) is 14.3. The lowest BCUT2D eigenvalue weighted by Crippen LogP contribution is -2.30. The number of thiocarbonyl (C=S) groups is 1. The van der Waals surface area contributed by atoms with Crippen LogP contribution >= 0.6 is 24.0 Å². The molecule has 0 saturated carbocycles. The van der Waals surface area contributed by atoms with E-state index in [0.29, 0.717) is 32.8 Å². The van der Waals surface area contributed by atoms with Gasteiger partial charge in [0.25, 0.3) is 5.91 Å². The summed E-state index contributed by atoms with van der Waals surface area (Å²) in [6, 6.07) is 21.7. The number of amides is 1. The first-order chi connectivity index (χ1) is 17.0. The van der Waals surface area contributed by atoms with Crippen LogP contribution in [-0.2, 0) is 11.2 Å². The molecule has 6 nitrogen and oxygen atoms in total. The molecule has 1 saturated heterocycles. The van der Waals surface area contributed by atoms with E-state index in [2.05, 4.69) is 0 Å². The van der Waals surface area contributed by atoms with Crippen LogP contribution in [0.4, 0.5) is 0 Å². The van der Waals surface area contributed by atoms with E-state index in [4.69, 9.17) is 26.4 Å². The number of benzene rings is 3. The van der Waals surface area contributed by atoms with Gasteiger partial charge in [0.05, 0.1) is 24.7 Å². The van der Waals surface area contributed by atoms with Crippen LogP contribution in [0.3, 0.4) is 0 Å². The molecule has 0 N–H and O–H groups in total. The van der Waals surface area contributed by atoms with Gasteiger partial charge in [-0.05, 0) is 60.0 Å². The van der Waals surface area contributed by atoms with Gasteiger partial charge in [0, 0.05) is 6.54 Å². The molecule has 0 aliphatic carbocycles. The first-order valence-electron chi connectivity index (χ1n) is 10.8. The van der Waals surface area contributed by atoms with Gasteiger partial charge in [-0.3, -0.25) is 9.69 Å². The Balaban J connectivity index is 1.46. The third kappa shape index (κ3) is 5.90. The largest absolute Gasteiger partial charge is 0.497 e. The summed E-state index contributed by atoms with van der Waals surface area (Å²) in [5.74, 6) is 0.665. The van der Waals surface area contributed by atoms with Gasteiger partial charge in [-0.1, -0.05) is 60.4 Å². The van der Waals surface area contributed by atoms with E-state index in [1.165, 1.54) is 18.9 Å². The van der Waals surface area contributed by atoms with Crippen molar-refractivity contribution in [1.82, 2.24) is 4.90 Å². The van der Waals surface area contributed by atoms with Gasteiger partial charge in [0.15, 0.2) is 11.5 Å². The number of carbonyl (C=O) groups excluding carboxylic acids is 2. The van der Waals surface area contributed by atoms with Crippen LogP contribution in [0.5, 0.6) is 17.2 Å². The van der Waals surface area contributed by atoms with Crippen molar-refractivity contribution in [2.75, 3.05) is 20.8 Å². The molecular weight excluding hydrogens is 482 g/mol. The van der Waals surface area contributed by atoms with Gasteiger partial charge in [0.2, 0.25) is 0 Å². The first-order valence-corrected chi connectivity index (χ1v) is 12.0. The average molecular weight is 506 g/mol. The van der Waals surface area contributed by atoms with Gasteiger partial charge in [-0.25, -0.2) is 4.79 Å². The van der Waals surface area contributed by atoms with Crippen LogP contribution in [0.2, 0.25) is 0 Å². The average Bonchev–Trinajstić information content (AvgIpc) is 3.15. The van der Waals surface area contributed by atoms with Crippen LogP contribution in [0.1, 0.15) is 21.5 Å². The van der Waals surface area contributed by atoms with Crippen molar-refractivity contribution in [2.45, 2.75) is 6.42 Å². The van der Waals surface area contributed by atoms with Crippen molar-refractivity contribution in [3.05, 3.63) is 94.4 Å². The second-order valence-corrected chi connectivity index (χ2v) is 9.27. The number of carbonyl (C=O) groups is 2. The summed E-state index contributed by atoms with van der Waals surface area (Å²) in [6.45, 7) is 0.523. The van der Waals surface area contributed by atoms with Crippen molar-refractivity contribution in [2.24, 2.45) is 0 Å². The van der Waals surface area contributed by atoms with Crippen molar-refractivity contribution in [3.8, 4) is 17.2 Å². The minimum absolute atomic E-state index is 0.120. The summed E-state index contributed by atoms with van der Waals surface area (Å²) in [7, 11) is 3.05. The maximum Gasteiger partial charge on any atom is 0.343 e. The molecule has 0 atom stereocenters. The molecule has 1 aliphatic rings. The van der Waals surface area contributed by atoms with Gasteiger partial charge in [-0.2, -0.15) is 0 Å². The SMILES string of the molecule is COc1ccc(C(=O)Oc2ccc(C=C3SC(=S)N(CCc4ccccc4)C3=O)cc2OC)cc1. The zero-order chi connectivity index (χ0) is 24.8. The highest BCUT2D eigenvalue weighted by atomic mass is 32.2. The van der Waals surface area contributed by atoms with Crippen LogP contribution in [0.15, 0.2) is 77.7 Å². The molecule has 178 valence electrons. The monoisotopic (exact) mass is 505 g/mol. The Morgan fingerprint density at radius 1 is 0.971 bits per heavy atom. The minimum Gasteiger partial charge on any atom is -0.497 e.